The van der Waals surface area contributed by atoms with E-state index in [0.29, 0.717) is 23.2 Å². The number of hydrogen-bond acceptors (Lipinski definition) is 5. The molecule has 2 aromatic rings. The predicted molar refractivity (Wildman–Crippen MR) is 136 cm³/mol. The van der Waals surface area contributed by atoms with Crippen molar-refractivity contribution < 1.29 is 0 Å². The Kier molecular flexibility index (Phi) is 7.22. The van der Waals surface area contributed by atoms with Crippen molar-refractivity contribution in [2.75, 3.05) is 17.2 Å². The second-order valence-corrected chi connectivity index (χ2v) is 9.91. The van der Waals surface area contributed by atoms with Gasteiger partial charge < -0.3 is 10.6 Å². The highest BCUT2D eigenvalue weighted by Gasteiger charge is 2.35. The van der Waals surface area contributed by atoms with Crippen LogP contribution in [0.2, 0.25) is 0 Å². The van der Waals surface area contributed by atoms with Crippen molar-refractivity contribution in [2.24, 2.45) is 0 Å². The minimum atomic E-state index is 0.277. The number of nitriles is 1. The topological polar surface area (TPSA) is 78.8 Å². The summed E-state index contributed by atoms with van der Waals surface area (Å²) in [5.41, 5.74) is 12.5. The first-order valence-electron chi connectivity index (χ1n) is 13.0. The van der Waals surface area contributed by atoms with Gasteiger partial charge in [-0.2, -0.15) is 5.26 Å². The van der Waals surface area contributed by atoms with Crippen LogP contribution in [-0.2, 0) is 19.3 Å². The Balaban J connectivity index is 1.72. The van der Waals surface area contributed by atoms with Gasteiger partial charge in [0.2, 0.25) is 0 Å². The van der Waals surface area contributed by atoms with Gasteiger partial charge in [0.1, 0.15) is 17.7 Å². The van der Waals surface area contributed by atoms with E-state index in [2.05, 4.69) is 44.7 Å². The highest BCUT2D eigenvalue weighted by molar-refractivity contribution is 5.63. The fourth-order valence-corrected chi connectivity index (χ4v) is 5.61. The number of aromatic nitrogens is 2. The van der Waals surface area contributed by atoms with Crippen molar-refractivity contribution >= 4 is 11.5 Å². The predicted octanol–water partition coefficient (Wildman–Crippen LogP) is 6.05. The van der Waals surface area contributed by atoms with E-state index in [4.69, 9.17) is 15.7 Å². The summed E-state index contributed by atoms with van der Waals surface area (Å²) in [5, 5.41) is 9.98. The fraction of sp³-hybridized carbons (Fsp3) is 0.607. The Morgan fingerprint density at radius 2 is 2.03 bits per heavy atom. The second-order valence-electron chi connectivity index (χ2n) is 9.91. The van der Waals surface area contributed by atoms with E-state index in [1.165, 1.54) is 53.9 Å². The van der Waals surface area contributed by atoms with E-state index < -0.39 is 0 Å². The summed E-state index contributed by atoms with van der Waals surface area (Å²) in [6.45, 7) is 9.98. The normalized spacial score (nSPS) is 20.6. The van der Waals surface area contributed by atoms with Crippen LogP contribution in [0.5, 0.6) is 0 Å². The Morgan fingerprint density at radius 1 is 1.21 bits per heavy atom. The van der Waals surface area contributed by atoms with Crippen molar-refractivity contribution in [1.82, 2.24) is 9.97 Å². The standard InChI is InChI=1S/C28H39N5/c1-5-8-9-20-14-15-33(20)28-22-11-10-19(16-25(22)31-26(7-3)32-28)27-21(18(4)6-2)12-13-24(30)23(27)17-29/h12-13,18-20H,5-11,14-16,30H2,1-4H3. The molecular weight excluding hydrogens is 406 g/mol. The van der Waals surface area contributed by atoms with Crippen LogP contribution in [0, 0.1) is 11.3 Å². The molecule has 0 bridgehead atoms. The molecule has 176 valence electrons. The molecule has 3 atom stereocenters. The zero-order valence-electron chi connectivity index (χ0n) is 20.8. The molecule has 5 nitrogen and oxygen atoms in total. The number of unbranched alkanes of at least 4 members (excludes halogenated alkanes) is 1. The molecule has 2 aliphatic rings. The van der Waals surface area contributed by atoms with Gasteiger partial charge in [-0.3, -0.25) is 0 Å². The lowest BCUT2D eigenvalue weighted by Gasteiger charge is -2.44. The molecular formula is C28H39N5. The molecule has 0 radical (unpaired) electrons. The Hall–Kier alpha value is -2.61. The summed E-state index contributed by atoms with van der Waals surface area (Å²) >= 11 is 0. The highest BCUT2D eigenvalue weighted by Crippen LogP contribution is 2.42. The quantitative estimate of drug-likeness (QED) is 0.501. The summed E-state index contributed by atoms with van der Waals surface area (Å²) in [4.78, 5) is 12.6. The third kappa shape index (κ3) is 4.45. The average molecular weight is 446 g/mol. The molecule has 33 heavy (non-hydrogen) atoms. The fourth-order valence-electron chi connectivity index (χ4n) is 5.61. The third-order valence-corrected chi connectivity index (χ3v) is 7.90. The summed E-state index contributed by atoms with van der Waals surface area (Å²) in [7, 11) is 0. The first-order valence-corrected chi connectivity index (χ1v) is 13.0. The van der Waals surface area contributed by atoms with Crippen LogP contribution in [-0.4, -0.2) is 22.6 Å². The van der Waals surface area contributed by atoms with Crippen LogP contribution in [0.25, 0.3) is 0 Å². The molecule has 3 unspecified atom stereocenters. The summed E-state index contributed by atoms with van der Waals surface area (Å²) < 4.78 is 0. The van der Waals surface area contributed by atoms with Crippen molar-refractivity contribution in [3.8, 4) is 6.07 Å². The molecule has 5 heteroatoms. The van der Waals surface area contributed by atoms with Crippen molar-refractivity contribution in [3.05, 3.63) is 45.9 Å². The van der Waals surface area contributed by atoms with Crippen molar-refractivity contribution in [1.29, 1.82) is 5.26 Å². The van der Waals surface area contributed by atoms with Gasteiger partial charge in [0.25, 0.3) is 0 Å². The molecule has 0 spiro atoms. The molecule has 2 heterocycles. The number of nitrogen functional groups attached to an aromatic ring is 1. The Labute approximate surface area is 199 Å². The van der Waals surface area contributed by atoms with Crippen molar-refractivity contribution in [3.63, 3.8) is 0 Å². The van der Waals surface area contributed by atoms with Crippen LogP contribution in [0.15, 0.2) is 12.1 Å². The molecule has 1 aliphatic carbocycles. The molecule has 0 saturated carbocycles. The van der Waals surface area contributed by atoms with E-state index in [1.54, 1.807) is 0 Å². The number of benzene rings is 1. The maximum atomic E-state index is 9.98. The first-order chi connectivity index (χ1) is 16.0. The number of nitrogens with zero attached hydrogens (tertiary/aromatic N) is 4. The number of fused-ring (bicyclic) bond motifs is 1. The molecule has 1 aromatic carbocycles. The zero-order valence-corrected chi connectivity index (χ0v) is 20.8. The van der Waals surface area contributed by atoms with Gasteiger partial charge in [0.05, 0.1) is 11.3 Å². The zero-order chi connectivity index (χ0) is 23.5. The van der Waals surface area contributed by atoms with E-state index in [-0.39, 0.29) is 5.92 Å². The van der Waals surface area contributed by atoms with Crippen LogP contribution in [0.3, 0.4) is 0 Å². The van der Waals surface area contributed by atoms with Crippen LogP contribution in [0.1, 0.15) is 112 Å². The minimum absolute atomic E-state index is 0.277. The summed E-state index contributed by atoms with van der Waals surface area (Å²) in [5.74, 6) is 2.82. The molecule has 1 fully saturated rings. The smallest absolute Gasteiger partial charge is 0.136 e. The van der Waals surface area contributed by atoms with Gasteiger partial charge in [-0.05, 0) is 67.6 Å². The number of rotatable bonds is 8. The number of aryl methyl sites for hydroxylation is 1. The third-order valence-electron chi connectivity index (χ3n) is 7.90. The molecule has 4 rings (SSSR count). The van der Waals surface area contributed by atoms with E-state index in [1.807, 2.05) is 6.07 Å². The van der Waals surface area contributed by atoms with Gasteiger partial charge in [-0.1, -0.05) is 46.6 Å². The maximum absolute atomic E-state index is 9.98. The van der Waals surface area contributed by atoms with E-state index >= 15 is 0 Å². The van der Waals surface area contributed by atoms with Gasteiger partial charge in [-0.25, -0.2) is 9.97 Å². The largest absolute Gasteiger partial charge is 0.398 e. The minimum Gasteiger partial charge on any atom is -0.398 e. The Morgan fingerprint density at radius 3 is 2.67 bits per heavy atom. The summed E-state index contributed by atoms with van der Waals surface area (Å²) in [6, 6.07) is 7.12. The molecule has 0 amide bonds. The van der Waals surface area contributed by atoms with Crippen molar-refractivity contribution in [2.45, 2.75) is 103 Å². The SMILES string of the molecule is CCCCC1CCN1c1nc(CC)nc2c1CCC(c1c(C(C)CC)ccc(N)c1C#N)C2. The molecule has 1 saturated heterocycles. The van der Waals surface area contributed by atoms with Crippen LogP contribution in [0.4, 0.5) is 11.5 Å². The first kappa shape index (κ1) is 23.5. The number of nitrogens with two attached hydrogens (primary N) is 1. The second kappa shape index (κ2) is 10.1. The van der Waals surface area contributed by atoms with Crippen LogP contribution >= 0.6 is 0 Å². The average Bonchev–Trinajstić information content (AvgIpc) is 2.82. The summed E-state index contributed by atoms with van der Waals surface area (Å²) in [6.07, 6.45) is 9.80. The van der Waals surface area contributed by atoms with E-state index in [9.17, 15) is 5.26 Å². The van der Waals surface area contributed by atoms with Gasteiger partial charge in [-0.15, -0.1) is 0 Å². The highest BCUT2D eigenvalue weighted by atomic mass is 15.3. The number of anilines is 2. The van der Waals surface area contributed by atoms with Gasteiger partial charge in [0.15, 0.2) is 0 Å². The van der Waals surface area contributed by atoms with Crippen LogP contribution < -0.4 is 10.6 Å². The molecule has 1 aromatic heterocycles. The lowest BCUT2D eigenvalue weighted by molar-refractivity contribution is 0.404. The van der Waals surface area contributed by atoms with Gasteiger partial charge >= 0.3 is 0 Å². The monoisotopic (exact) mass is 445 g/mol. The molecule has 1 aliphatic heterocycles. The van der Waals surface area contributed by atoms with Gasteiger partial charge in [0, 0.05) is 30.3 Å². The lowest BCUT2D eigenvalue weighted by Crippen LogP contribution is -2.49. The maximum Gasteiger partial charge on any atom is 0.136 e. The Bertz CT molecular complexity index is 1040. The number of hydrogen-bond donors (Lipinski definition) is 1. The van der Waals surface area contributed by atoms with E-state index in [0.717, 1.165) is 44.5 Å². The molecule has 2 N–H and O–H groups in total. The lowest BCUT2D eigenvalue weighted by atomic mass is 9.76.